The summed E-state index contributed by atoms with van der Waals surface area (Å²) in [5, 5.41) is 5.98. The zero-order valence-electron chi connectivity index (χ0n) is 14.1. The number of amides is 1. The predicted octanol–water partition coefficient (Wildman–Crippen LogP) is 1.69. The van der Waals surface area contributed by atoms with Crippen molar-refractivity contribution >= 4 is 27.1 Å². The summed E-state index contributed by atoms with van der Waals surface area (Å²) in [6.07, 6.45) is 0. The first-order valence-electron chi connectivity index (χ1n) is 8.50. The number of rotatable bonds is 3. The highest BCUT2D eigenvalue weighted by Gasteiger charge is 2.42. The summed E-state index contributed by atoms with van der Waals surface area (Å²) in [5.41, 5.74) is 1.68. The number of carbonyl (C=O) groups excluding carboxylic acids is 1. The van der Waals surface area contributed by atoms with Crippen molar-refractivity contribution in [2.24, 2.45) is 0 Å². The van der Waals surface area contributed by atoms with E-state index in [2.05, 4.69) is 10.6 Å². The van der Waals surface area contributed by atoms with Gasteiger partial charge in [0.25, 0.3) is 5.91 Å². The predicted molar refractivity (Wildman–Crippen MR) is 100 cm³/mol. The van der Waals surface area contributed by atoms with Crippen LogP contribution < -0.4 is 10.6 Å². The van der Waals surface area contributed by atoms with Gasteiger partial charge in [-0.25, -0.2) is 8.42 Å². The van der Waals surface area contributed by atoms with Gasteiger partial charge in [0.2, 0.25) is 9.84 Å². The molecule has 0 spiro atoms. The first-order chi connectivity index (χ1) is 12.6. The van der Waals surface area contributed by atoms with Crippen molar-refractivity contribution in [3.8, 4) is 0 Å². The average molecular weight is 369 g/mol. The van der Waals surface area contributed by atoms with Crippen molar-refractivity contribution in [2.75, 3.05) is 31.5 Å². The molecule has 2 heterocycles. The number of fused-ring (bicyclic) bond motifs is 1. The van der Waals surface area contributed by atoms with E-state index in [9.17, 15) is 13.2 Å². The third kappa shape index (κ3) is 2.79. The van der Waals surface area contributed by atoms with Crippen molar-refractivity contribution in [3.63, 3.8) is 0 Å². The molecule has 2 aromatic rings. The Labute approximate surface area is 152 Å². The molecule has 0 atom stereocenters. The number of para-hydroxylation sites is 1. The molecule has 0 saturated carbocycles. The molecule has 0 aliphatic carbocycles. The molecule has 2 aliphatic rings. The number of nitrogens with one attached hydrogen (secondary N) is 2. The standard InChI is InChI=1S/C19H19N3O3S/c23-19(21-14-6-2-1-3-7-14)18-17(22-12-10-20-11-13-22)15-8-4-5-9-16(15)26(18,24)25/h1-9,20H,10-13H2,(H,21,23). The van der Waals surface area contributed by atoms with E-state index in [4.69, 9.17) is 0 Å². The Morgan fingerprint density at radius 2 is 1.62 bits per heavy atom. The summed E-state index contributed by atoms with van der Waals surface area (Å²) in [6, 6.07) is 15.7. The molecule has 0 unspecified atom stereocenters. The quantitative estimate of drug-likeness (QED) is 0.861. The van der Waals surface area contributed by atoms with Crippen molar-refractivity contribution < 1.29 is 13.2 Å². The third-order valence-corrected chi connectivity index (χ3v) is 6.44. The smallest absolute Gasteiger partial charge is 0.269 e. The van der Waals surface area contributed by atoms with Gasteiger partial charge in [0.1, 0.15) is 0 Å². The lowest BCUT2D eigenvalue weighted by Gasteiger charge is -2.31. The van der Waals surface area contributed by atoms with Crippen LogP contribution in [0.2, 0.25) is 0 Å². The molecular formula is C19H19N3O3S. The lowest BCUT2D eigenvalue weighted by atomic mass is 10.1. The molecule has 0 bridgehead atoms. The molecule has 0 radical (unpaired) electrons. The monoisotopic (exact) mass is 369 g/mol. The number of piperazine rings is 1. The van der Waals surface area contributed by atoms with Crippen LogP contribution in [0.5, 0.6) is 0 Å². The molecule has 134 valence electrons. The van der Waals surface area contributed by atoms with E-state index in [1.54, 1.807) is 48.5 Å². The van der Waals surface area contributed by atoms with Crippen LogP contribution in [0, 0.1) is 0 Å². The van der Waals surface area contributed by atoms with Gasteiger partial charge in [-0.2, -0.15) is 0 Å². The normalized spacial score (nSPS) is 18.5. The van der Waals surface area contributed by atoms with Gasteiger partial charge in [-0.1, -0.05) is 36.4 Å². The number of hydrogen-bond donors (Lipinski definition) is 2. The van der Waals surface area contributed by atoms with Crippen LogP contribution in [0.25, 0.3) is 5.70 Å². The molecule has 1 fully saturated rings. The summed E-state index contributed by atoms with van der Waals surface area (Å²) < 4.78 is 26.2. The molecular weight excluding hydrogens is 350 g/mol. The SMILES string of the molecule is O=C(Nc1ccccc1)C1=C(N2CCNCC2)c2ccccc2S1(=O)=O. The summed E-state index contributed by atoms with van der Waals surface area (Å²) in [4.78, 5) is 15.0. The fraction of sp³-hybridized carbons (Fsp3) is 0.211. The molecule has 0 aromatic heterocycles. The van der Waals surface area contributed by atoms with E-state index >= 15 is 0 Å². The summed E-state index contributed by atoms with van der Waals surface area (Å²) in [5.74, 6) is -0.596. The van der Waals surface area contributed by atoms with Crippen LogP contribution in [0.4, 0.5) is 5.69 Å². The molecule has 6 nitrogen and oxygen atoms in total. The number of anilines is 1. The van der Waals surface area contributed by atoms with Crippen LogP contribution in [0.1, 0.15) is 5.56 Å². The Morgan fingerprint density at radius 1 is 0.962 bits per heavy atom. The number of benzene rings is 2. The van der Waals surface area contributed by atoms with Gasteiger partial charge >= 0.3 is 0 Å². The zero-order chi connectivity index (χ0) is 18.1. The maximum Gasteiger partial charge on any atom is 0.269 e. The van der Waals surface area contributed by atoms with Crippen LogP contribution in [-0.2, 0) is 14.6 Å². The van der Waals surface area contributed by atoms with E-state index in [-0.39, 0.29) is 9.80 Å². The van der Waals surface area contributed by atoms with Crippen molar-refractivity contribution in [3.05, 3.63) is 65.1 Å². The molecule has 2 N–H and O–H groups in total. The van der Waals surface area contributed by atoms with Crippen molar-refractivity contribution in [1.82, 2.24) is 10.2 Å². The highest BCUT2D eigenvalue weighted by atomic mass is 32.2. The molecule has 26 heavy (non-hydrogen) atoms. The highest BCUT2D eigenvalue weighted by molar-refractivity contribution is 7.97. The topological polar surface area (TPSA) is 78.5 Å². The van der Waals surface area contributed by atoms with Crippen LogP contribution in [-0.4, -0.2) is 45.4 Å². The lowest BCUT2D eigenvalue weighted by Crippen LogP contribution is -2.42. The maximum atomic E-state index is 13.1. The fourth-order valence-electron chi connectivity index (χ4n) is 3.40. The largest absolute Gasteiger partial charge is 0.367 e. The Hall–Kier alpha value is -2.64. The Morgan fingerprint density at radius 3 is 2.35 bits per heavy atom. The number of hydrogen-bond acceptors (Lipinski definition) is 5. The van der Waals surface area contributed by atoms with E-state index < -0.39 is 15.7 Å². The van der Waals surface area contributed by atoms with Crippen molar-refractivity contribution in [2.45, 2.75) is 4.90 Å². The number of sulfone groups is 1. The third-order valence-electron chi connectivity index (χ3n) is 4.59. The highest BCUT2D eigenvalue weighted by Crippen LogP contribution is 2.41. The van der Waals surface area contributed by atoms with Gasteiger partial charge in [-0.05, 0) is 18.2 Å². The molecule has 1 saturated heterocycles. The first-order valence-corrected chi connectivity index (χ1v) is 9.98. The van der Waals surface area contributed by atoms with Crippen molar-refractivity contribution in [1.29, 1.82) is 0 Å². The number of nitrogens with zero attached hydrogens (tertiary/aromatic N) is 1. The van der Waals surface area contributed by atoms with E-state index in [0.29, 0.717) is 30.0 Å². The van der Waals surface area contributed by atoms with E-state index in [0.717, 1.165) is 13.1 Å². The number of carbonyl (C=O) groups is 1. The van der Waals surface area contributed by atoms with Gasteiger partial charge < -0.3 is 15.5 Å². The molecule has 4 rings (SSSR count). The average Bonchev–Trinajstić information content (AvgIpc) is 2.91. The zero-order valence-corrected chi connectivity index (χ0v) is 14.9. The minimum atomic E-state index is -3.86. The van der Waals surface area contributed by atoms with Gasteiger partial charge in [-0.15, -0.1) is 0 Å². The lowest BCUT2D eigenvalue weighted by molar-refractivity contribution is -0.112. The summed E-state index contributed by atoms with van der Waals surface area (Å²) in [6.45, 7) is 2.81. The Bertz CT molecular complexity index is 978. The first kappa shape index (κ1) is 16.8. The van der Waals surface area contributed by atoms with Gasteiger partial charge in [0.15, 0.2) is 4.91 Å². The maximum absolute atomic E-state index is 13.1. The van der Waals surface area contributed by atoms with E-state index in [1.165, 1.54) is 0 Å². The van der Waals surface area contributed by atoms with Crippen LogP contribution in [0.3, 0.4) is 0 Å². The van der Waals surface area contributed by atoms with Crippen LogP contribution >= 0.6 is 0 Å². The van der Waals surface area contributed by atoms with Gasteiger partial charge in [0, 0.05) is 37.4 Å². The van der Waals surface area contributed by atoms with Crippen LogP contribution in [0.15, 0.2) is 64.4 Å². The second-order valence-electron chi connectivity index (χ2n) is 6.23. The molecule has 2 aromatic carbocycles. The molecule has 1 amide bonds. The fourth-order valence-corrected chi connectivity index (χ4v) is 5.12. The van der Waals surface area contributed by atoms with Gasteiger partial charge in [0.05, 0.1) is 10.6 Å². The second kappa shape index (κ2) is 6.59. The minimum Gasteiger partial charge on any atom is -0.367 e. The Kier molecular flexibility index (Phi) is 4.26. The van der Waals surface area contributed by atoms with Gasteiger partial charge in [-0.3, -0.25) is 4.79 Å². The summed E-state index contributed by atoms with van der Waals surface area (Å²) in [7, 11) is -3.86. The van der Waals surface area contributed by atoms with E-state index in [1.807, 2.05) is 11.0 Å². The minimum absolute atomic E-state index is 0.163. The second-order valence-corrected chi connectivity index (χ2v) is 8.09. The summed E-state index contributed by atoms with van der Waals surface area (Å²) >= 11 is 0. The molecule has 7 heteroatoms. The molecule has 2 aliphatic heterocycles. The Balaban J connectivity index is 1.83.